The van der Waals surface area contributed by atoms with Gasteiger partial charge in [-0.1, -0.05) is 13.0 Å². The molecule has 0 aliphatic heterocycles. The Morgan fingerprint density at radius 3 is 2.71 bits per heavy atom. The summed E-state index contributed by atoms with van der Waals surface area (Å²) in [5, 5.41) is 21.0. The average Bonchev–Trinajstić information content (AvgIpc) is 2.49. The lowest BCUT2D eigenvalue weighted by Crippen LogP contribution is -2.29. The third-order valence-corrected chi connectivity index (χ3v) is 2.91. The van der Waals surface area contributed by atoms with Gasteiger partial charge >= 0.3 is 5.97 Å². The number of hydrogen-bond donors (Lipinski definition) is 3. The van der Waals surface area contributed by atoms with Gasteiger partial charge in [-0.2, -0.15) is 0 Å². The number of hydrogen-bond acceptors (Lipinski definition) is 5. The highest BCUT2D eigenvalue weighted by Crippen LogP contribution is 2.30. The first-order valence-electron chi connectivity index (χ1n) is 7.01. The molecule has 6 nitrogen and oxygen atoms in total. The van der Waals surface area contributed by atoms with Crippen molar-refractivity contribution in [2.45, 2.75) is 25.8 Å². The van der Waals surface area contributed by atoms with Gasteiger partial charge in [-0.3, -0.25) is 4.79 Å². The Kier molecular flexibility index (Phi) is 7.56. The van der Waals surface area contributed by atoms with Crippen LogP contribution in [0.25, 0.3) is 0 Å². The zero-order valence-corrected chi connectivity index (χ0v) is 12.5. The zero-order valence-electron chi connectivity index (χ0n) is 12.5. The van der Waals surface area contributed by atoms with Gasteiger partial charge in [-0.25, -0.2) is 0 Å². The van der Waals surface area contributed by atoms with Crippen molar-refractivity contribution in [3.8, 4) is 11.5 Å². The van der Waals surface area contributed by atoms with Crippen molar-refractivity contribution >= 4 is 5.97 Å². The molecule has 1 unspecified atom stereocenters. The topological polar surface area (TPSA) is 88.0 Å². The Hall–Kier alpha value is -1.79. The number of carbonyl (C=O) groups is 1. The molecule has 1 aromatic rings. The first kappa shape index (κ1) is 17.3. The van der Waals surface area contributed by atoms with Crippen LogP contribution in [0.5, 0.6) is 11.5 Å². The largest absolute Gasteiger partial charge is 0.493 e. The van der Waals surface area contributed by atoms with E-state index in [1.165, 1.54) is 7.11 Å². The van der Waals surface area contributed by atoms with Crippen molar-refractivity contribution in [3.05, 3.63) is 23.8 Å². The van der Waals surface area contributed by atoms with Crippen LogP contribution in [0.1, 0.15) is 31.4 Å². The van der Waals surface area contributed by atoms with Crippen LogP contribution in [0, 0.1) is 0 Å². The van der Waals surface area contributed by atoms with Gasteiger partial charge in [0, 0.05) is 6.61 Å². The van der Waals surface area contributed by atoms with Crippen molar-refractivity contribution in [3.63, 3.8) is 0 Å². The summed E-state index contributed by atoms with van der Waals surface area (Å²) in [6, 6.07) is 4.24. The molecule has 0 saturated heterocycles. The Morgan fingerprint density at radius 2 is 2.14 bits per heavy atom. The first-order chi connectivity index (χ1) is 10.1. The predicted octanol–water partition coefficient (Wildman–Crippen LogP) is 1.58. The number of rotatable bonds is 10. The molecule has 0 amide bonds. The SMILES string of the molecule is CCCOc1ccc(C(NCCCO)C(=O)O)cc1OC. The van der Waals surface area contributed by atoms with Gasteiger partial charge in [0.25, 0.3) is 0 Å². The van der Waals surface area contributed by atoms with Crippen LogP contribution in [0.2, 0.25) is 0 Å². The quantitative estimate of drug-likeness (QED) is 0.568. The fourth-order valence-electron chi connectivity index (χ4n) is 1.87. The van der Waals surface area contributed by atoms with E-state index < -0.39 is 12.0 Å². The molecule has 0 bridgehead atoms. The Bertz CT molecular complexity index is 450. The van der Waals surface area contributed by atoms with Crippen LogP contribution >= 0.6 is 0 Å². The van der Waals surface area contributed by atoms with Crippen molar-refractivity contribution in [1.29, 1.82) is 0 Å². The predicted molar refractivity (Wildman–Crippen MR) is 78.9 cm³/mol. The van der Waals surface area contributed by atoms with Gasteiger partial charge in [0.2, 0.25) is 0 Å². The number of aliphatic hydroxyl groups is 1. The van der Waals surface area contributed by atoms with E-state index in [0.29, 0.717) is 36.6 Å². The summed E-state index contributed by atoms with van der Waals surface area (Å²) in [6.45, 7) is 3.02. The molecule has 0 spiro atoms. The van der Waals surface area contributed by atoms with Crippen molar-refractivity contribution in [1.82, 2.24) is 5.32 Å². The molecule has 0 radical (unpaired) electrons. The maximum absolute atomic E-state index is 11.4. The Labute approximate surface area is 124 Å². The molecule has 21 heavy (non-hydrogen) atoms. The van der Waals surface area contributed by atoms with E-state index in [1.54, 1.807) is 18.2 Å². The van der Waals surface area contributed by atoms with E-state index in [9.17, 15) is 9.90 Å². The van der Waals surface area contributed by atoms with Crippen LogP contribution in [-0.4, -0.2) is 43.1 Å². The maximum Gasteiger partial charge on any atom is 0.325 e. The molecule has 6 heteroatoms. The van der Waals surface area contributed by atoms with Gasteiger partial charge < -0.3 is 25.0 Å². The number of ether oxygens (including phenoxy) is 2. The van der Waals surface area contributed by atoms with Crippen LogP contribution in [-0.2, 0) is 4.79 Å². The van der Waals surface area contributed by atoms with E-state index in [1.807, 2.05) is 6.92 Å². The highest BCUT2D eigenvalue weighted by molar-refractivity contribution is 5.76. The third-order valence-electron chi connectivity index (χ3n) is 2.91. The average molecular weight is 297 g/mol. The van der Waals surface area contributed by atoms with Gasteiger partial charge in [0.05, 0.1) is 13.7 Å². The third kappa shape index (κ3) is 5.24. The minimum Gasteiger partial charge on any atom is -0.493 e. The lowest BCUT2D eigenvalue weighted by Gasteiger charge is -2.17. The number of aliphatic carboxylic acids is 1. The fraction of sp³-hybridized carbons (Fsp3) is 0.533. The molecule has 118 valence electrons. The van der Waals surface area contributed by atoms with Gasteiger partial charge in [-0.05, 0) is 37.1 Å². The van der Waals surface area contributed by atoms with E-state index in [2.05, 4.69) is 5.32 Å². The summed E-state index contributed by atoms with van der Waals surface area (Å²) in [5.41, 5.74) is 0.584. The van der Waals surface area contributed by atoms with Crippen LogP contribution < -0.4 is 14.8 Å². The second-order valence-electron chi connectivity index (χ2n) is 4.56. The number of methoxy groups -OCH3 is 1. The molecule has 1 rings (SSSR count). The molecule has 0 aliphatic rings. The van der Waals surface area contributed by atoms with Crippen LogP contribution in [0.4, 0.5) is 0 Å². The number of aliphatic hydroxyl groups excluding tert-OH is 1. The zero-order chi connectivity index (χ0) is 15.7. The molecule has 1 atom stereocenters. The van der Waals surface area contributed by atoms with Gasteiger partial charge in [-0.15, -0.1) is 0 Å². The molecule has 1 aromatic carbocycles. The van der Waals surface area contributed by atoms with Crippen molar-refractivity contribution < 1.29 is 24.5 Å². The highest BCUT2D eigenvalue weighted by atomic mass is 16.5. The summed E-state index contributed by atoms with van der Waals surface area (Å²) >= 11 is 0. The molecule has 3 N–H and O–H groups in total. The minimum atomic E-state index is -0.975. The van der Waals surface area contributed by atoms with Crippen LogP contribution in [0.3, 0.4) is 0 Å². The molecule has 0 saturated carbocycles. The normalized spacial score (nSPS) is 12.0. The van der Waals surface area contributed by atoms with E-state index >= 15 is 0 Å². The lowest BCUT2D eigenvalue weighted by molar-refractivity contribution is -0.139. The summed E-state index contributed by atoms with van der Waals surface area (Å²) in [5.74, 6) is 0.135. The van der Waals surface area contributed by atoms with Crippen molar-refractivity contribution in [2.75, 3.05) is 26.9 Å². The van der Waals surface area contributed by atoms with E-state index in [0.717, 1.165) is 6.42 Å². The standard InChI is InChI=1S/C15H23NO5/c1-3-9-21-12-6-5-11(10-13(12)20-2)14(15(18)19)16-7-4-8-17/h5-6,10,14,16-17H,3-4,7-9H2,1-2H3,(H,18,19). The van der Waals surface area contributed by atoms with E-state index in [4.69, 9.17) is 14.6 Å². The van der Waals surface area contributed by atoms with Crippen molar-refractivity contribution in [2.24, 2.45) is 0 Å². The number of carboxylic acid groups (broad SMARTS) is 1. The van der Waals surface area contributed by atoms with E-state index in [-0.39, 0.29) is 6.61 Å². The minimum absolute atomic E-state index is 0.0203. The number of carboxylic acids is 1. The van der Waals surface area contributed by atoms with Gasteiger partial charge in [0.15, 0.2) is 11.5 Å². The molecule has 0 aliphatic carbocycles. The molecule has 0 fully saturated rings. The Morgan fingerprint density at radius 1 is 1.38 bits per heavy atom. The Balaban J connectivity index is 2.90. The summed E-state index contributed by atoms with van der Waals surface area (Å²) in [6.07, 6.45) is 1.38. The monoisotopic (exact) mass is 297 g/mol. The molecular formula is C15H23NO5. The van der Waals surface area contributed by atoms with Crippen LogP contribution in [0.15, 0.2) is 18.2 Å². The first-order valence-corrected chi connectivity index (χ1v) is 7.01. The number of benzene rings is 1. The maximum atomic E-state index is 11.4. The number of nitrogens with one attached hydrogen (secondary N) is 1. The molecular weight excluding hydrogens is 274 g/mol. The highest BCUT2D eigenvalue weighted by Gasteiger charge is 2.20. The summed E-state index contributed by atoms with van der Waals surface area (Å²) in [7, 11) is 1.52. The summed E-state index contributed by atoms with van der Waals surface area (Å²) < 4.78 is 10.8. The summed E-state index contributed by atoms with van der Waals surface area (Å²) in [4.78, 5) is 11.4. The lowest BCUT2D eigenvalue weighted by atomic mass is 10.1. The second kappa shape index (κ2) is 9.20. The fourth-order valence-corrected chi connectivity index (χ4v) is 1.87. The second-order valence-corrected chi connectivity index (χ2v) is 4.56. The molecule has 0 aromatic heterocycles. The molecule has 0 heterocycles. The smallest absolute Gasteiger partial charge is 0.325 e. The van der Waals surface area contributed by atoms with Gasteiger partial charge in [0.1, 0.15) is 6.04 Å².